The number of nitro benzene ring substituents is 1. The lowest BCUT2D eigenvalue weighted by Gasteiger charge is -2.04. The standard InChI is InChI=1S/C7H4BrF2NO3/c8-4-1-2-5(10)6(11(12)13)7(4)14-3-9/h1-2H,3H2. The van der Waals surface area contributed by atoms with E-state index in [1.165, 1.54) is 6.07 Å². The van der Waals surface area contributed by atoms with Gasteiger partial charge in [-0.3, -0.25) is 10.1 Å². The van der Waals surface area contributed by atoms with Gasteiger partial charge in [0.1, 0.15) is 0 Å². The molecule has 0 saturated heterocycles. The first-order chi connectivity index (χ1) is 6.57. The maximum atomic E-state index is 12.9. The van der Waals surface area contributed by atoms with E-state index >= 15 is 0 Å². The van der Waals surface area contributed by atoms with Crippen LogP contribution in [0.15, 0.2) is 16.6 Å². The number of hydrogen-bond acceptors (Lipinski definition) is 3. The molecule has 0 fully saturated rings. The van der Waals surface area contributed by atoms with Gasteiger partial charge in [0.25, 0.3) is 0 Å². The van der Waals surface area contributed by atoms with Crippen molar-refractivity contribution in [3.63, 3.8) is 0 Å². The number of alkyl halides is 1. The van der Waals surface area contributed by atoms with Crippen LogP contribution in [0.25, 0.3) is 0 Å². The Bertz CT molecular complexity index is 372. The topological polar surface area (TPSA) is 52.4 Å². The van der Waals surface area contributed by atoms with Crippen molar-refractivity contribution in [1.82, 2.24) is 0 Å². The largest absolute Gasteiger partial charge is 0.454 e. The van der Waals surface area contributed by atoms with Crippen LogP contribution in [0.1, 0.15) is 0 Å². The summed E-state index contributed by atoms with van der Waals surface area (Å²) in [6.45, 7) is -1.26. The van der Waals surface area contributed by atoms with E-state index in [1.807, 2.05) is 0 Å². The minimum Gasteiger partial charge on any atom is -0.454 e. The zero-order valence-corrected chi connectivity index (χ0v) is 8.25. The molecule has 0 aliphatic heterocycles. The minimum atomic E-state index is -1.26. The van der Waals surface area contributed by atoms with Gasteiger partial charge in [-0.05, 0) is 28.1 Å². The van der Waals surface area contributed by atoms with Gasteiger partial charge in [0.2, 0.25) is 18.4 Å². The highest BCUT2D eigenvalue weighted by molar-refractivity contribution is 9.10. The second kappa shape index (κ2) is 4.32. The Labute approximate surface area is 85.8 Å². The molecule has 0 aliphatic rings. The van der Waals surface area contributed by atoms with E-state index in [-0.39, 0.29) is 4.47 Å². The van der Waals surface area contributed by atoms with Crippen molar-refractivity contribution < 1.29 is 18.4 Å². The summed E-state index contributed by atoms with van der Waals surface area (Å²) in [6, 6.07) is 2.10. The van der Waals surface area contributed by atoms with Crippen LogP contribution < -0.4 is 4.74 Å². The first kappa shape index (κ1) is 10.8. The van der Waals surface area contributed by atoms with Crippen LogP contribution in [0.2, 0.25) is 0 Å². The maximum absolute atomic E-state index is 12.9. The molecule has 4 nitrogen and oxygen atoms in total. The minimum absolute atomic E-state index is 0.128. The lowest BCUT2D eigenvalue weighted by atomic mass is 10.3. The predicted molar refractivity (Wildman–Crippen MR) is 47.4 cm³/mol. The third-order valence-electron chi connectivity index (χ3n) is 1.42. The Balaban J connectivity index is 3.33. The summed E-state index contributed by atoms with van der Waals surface area (Å²) >= 11 is 2.89. The average molecular weight is 268 g/mol. The summed E-state index contributed by atoms with van der Waals surface area (Å²) < 4.78 is 29.2. The Hall–Kier alpha value is -1.24. The number of hydrogen-bond donors (Lipinski definition) is 0. The number of ether oxygens (including phenoxy) is 1. The lowest BCUT2D eigenvalue weighted by Crippen LogP contribution is -2.00. The van der Waals surface area contributed by atoms with Gasteiger partial charge in [0.05, 0.1) is 9.40 Å². The summed E-state index contributed by atoms with van der Waals surface area (Å²) in [4.78, 5) is 9.44. The highest BCUT2D eigenvalue weighted by Gasteiger charge is 2.24. The lowest BCUT2D eigenvalue weighted by molar-refractivity contribution is -0.388. The summed E-state index contributed by atoms with van der Waals surface area (Å²) in [6.07, 6.45) is 0. The number of nitro groups is 1. The zero-order chi connectivity index (χ0) is 10.7. The molecule has 0 radical (unpaired) electrons. The fraction of sp³-hybridized carbons (Fsp3) is 0.143. The van der Waals surface area contributed by atoms with Crippen molar-refractivity contribution in [1.29, 1.82) is 0 Å². The second-order valence-electron chi connectivity index (χ2n) is 2.22. The molecule has 1 aromatic rings. The molecule has 0 aliphatic carbocycles. The number of nitrogens with zero attached hydrogens (tertiary/aromatic N) is 1. The SMILES string of the molecule is O=[N+]([O-])c1c(F)ccc(Br)c1OCF. The van der Waals surface area contributed by atoms with Crippen LogP contribution in [0.3, 0.4) is 0 Å². The molecule has 0 atom stereocenters. The van der Waals surface area contributed by atoms with Gasteiger partial charge in [-0.2, -0.15) is 4.39 Å². The summed E-state index contributed by atoms with van der Waals surface area (Å²) in [5, 5.41) is 10.4. The van der Waals surface area contributed by atoms with Crippen LogP contribution in [-0.4, -0.2) is 11.8 Å². The first-order valence-electron chi connectivity index (χ1n) is 3.39. The zero-order valence-electron chi connectivity index (χ0n) is 6.67. The fourth-order valence-electron chi connectivity index (χ4n) is 0.884. The Morgan fingerprint density at radius 1 is 1.57 bits per heavy atom. The van der Waals surface area contributed by atoms with Crippen molar-refractivity contribution >= 4 is 21.6 Å². The van der Waals surface area contributed by atoms with Gasteiger partial charge in [-0.1, -0.05) is 0 Å². The van der Waals surface area contributed by atoms with Crippen LogP contribution in [-0.2, 0) is 0 Å². The average Bonchev–Trinajstić information content (AvgIpc) is 2.11. The number of rotatable bonds is 3. The Morgan fingerprint density at radius 2 is 2.21 bits per heavy atom. The third kappa shape index (κ3) is 1.98. The molecule has 0 spiro atoms. The fourth-order valence-corrected chi connectivity index (χ4v) is 1.32. The van der Waals surface area contributed by atoms with E-state index in [0.29, 0.717) is 0 Å². The van der Waals surface area contributed by atoms with E-state index in [2.05, 4.69) is 20.7 Å². The molecule has 0 bridgehead atoms. The van der Waals surface area contributed by atoms with Crippen molar-refractivity contribution in [2.24, 2.45) is 0 Å². The van der Waals surface area contributed by atoms with Gasteiger partial charge < -0.3 is 4.74 Å². The second-order valence-corrected chi connectivity index (χ2v) is 3.07. The van der Waals surface area contributed by atoms with E-state index in [4.69, 9.17) is 0 Å². The molecule has 0 aromatic heterocycles. The summed E-state index contributed by atoms with van der Waals surface area (Å²) in [5.74, 6) is -1.51. The molecule has 7 heteroatoms. The maximum Gasteiger partial charge on any atom is 0.347 e. The van der Waals surface area contributed by atoms with Crippen molar-refractivity contribution in [2.45, 2.75) is 0 Å². The molecule has 1 aromatic carbocycles. The highest BCUT2D eigenvalue weighted by Crippen LogP contribution is 2.36. The Kier molecular flexibility index (Phi) is 3.34. The molecule has 0 heterocycles. The van der Waals surface area contributed by atoms with E-state index < -0.39 is 29.0 Å². The van der Waals surface area contributed by atoms with Gasteiger partial charge in [0.15, 0.2) is 0 Å². The summed E-state index contributed by atoms with van der Waals surface area (Å²) in [7, 11) is 0. The van der Waals surface area contributed by atoms with Crippen LogP contribution in [0.5, 0.6) is 5.75 Å². The van der Waals surface area contributed by atoms with Gasteiger partial charge >= 0.3 is 5.69 Å². The van der Waals surface area contributed by atoms with Crippen molar-refractivity contribution in [3.8, 4) is 5.75 Å². The molecular weight excluding hydrogens is 264 g/mol. The van der Waals surface area contributed by atoms with E-state index in [0.717, 1.165) is 6.07 Å². The number of benzene rings is 1. The quantitative estimate of drug-likeness (QED) is 0.625. The van der Waals surface area contributed by atoms with Gasteiger partial charge in [-0.15, -0.1) is 0 Å². The van der Waals surface area contributed by atoms with E-state index in [9.17, 15) is 18.9 Å². The molecule has 0 unspecified atom stereocenters. The monoisotopic (exact) mass is 267 g/mol. The summed E-state index contributed by atoms with van der Waals surface area (Å²) in [5.41, 5.74) is -0.878. The van der Waals surface area contributed by atoms with Crippen LogP contribution in [0, 0.1) is 15.9 Å². The molecule has 1 rings (SSSR count). The van der Waals surface area contributed by atoms with Gasteiger partial charge in [-0.25, -0.2) is 4.39 Å². The number of halogens is 3. The van der Waals surface area contributed by atoms with Gasteiger partial charge in [0, 0.05) is 0 Å². The third-order valence-corrected chi connectivity index (χ3v) is 2.04. The molecule has 0 saturated carbocycles. The predicted octanol–water partition coefficient (Wildman–Crippen LogP) is 2.80. The van der Waals surface area contributed by atoms with Crippen molar-refractivity contribution in [3.05, 3.63) is 32.5 Å². The smallest absolute Gasteiger partial charge is 0.347 e. The molecule has 0 N–H and O–H groups in total. The molecule has 76 valence electrons. The Morgan fingerprint density at radius 3 is 2.71 bits per heavy atom. The molecule has 14 heavy (non-hydrogen) atoms. The molecule has 0 amide bonds. The van der Waals surface area contributed by atoms with E-state index in [1.54, 1.807) is 0 Å². The van der Waals surface area contributed by atoms with Crippen LogP contribution in [0.4, 0.5) is 14.5 Å². The molecular formula is C7H4BrF2NO3. The first-order valence-corrected chi connectivity index (χ1v) is 4.18. The highest BCUT2D eigenvalue weighted by atomic mass is 79.9. The van der Waals surface area contributed by atoms with Crippen LogP contribution >= 0.6 is 15.9 Å². The normalized spacial score (nSPS) is 9.93. The van der Waals surface area contributed by atoms with Crippen molar-refractivity contribution in [2.75, 3.05) is 6.86 Å².